The summed E-state index contributed by atoms with van der Waals surface area (Å²) in [5, 5.41) is 4.96. The first-order valence-corrected chi connectivity index (χ1v) is 9.13. The molecule has 2 atom stereocenters. The van der Waals surface area contributed by atoms with Crippen LogP contribution < -0.4 is 4.90 Å². The minimum atomic E-state index is 0.00747. The van der Waals surface area contributed by atoms with Crippen molar-refractivity contribution in [1.29, 1.82) is 0 Å². The maximum atomic E-state index is 13.1. The zero-order chi connectivity index (χ0) is 17.4. The number of carbonyl (C=O) groups excluding carboxylic acids is 1. The van der Waals surface area contributed by atoms with E-state index in [-0.39, 0.29) is 17.7 Å². The number of aromatic nitrogens is 3. The number of fused-ring (bicyclic) bond motifs is 1. The van der Waals surface area contributed by atoms with Crippen LogP contribution in [0, 0.1) is 5.92 Å². The van der Waals surface area contributed by atoms with Gasteiger partial charge >= 0.3 is 0 Å². The van der Waals surface area contributed by atoms with Crippen LogP contribution in [0.3, 0.4) is 0 Å². The fraction of sp³-hybridized carbons (Fsp3) is 0.389. The summed E-state index contributed by atoms with van der Waals surface area (Å²) in [5.74, 6) is 0.402. The monoisotopic (exact) mass is 356 g/mol. The zero-order valence-electron chi connectivity index (χ0n) is 14.3. The lowest BCUT2D eigenvalue weighted by atomic mass is 10.2. The molecule has 0 bridgehead atoms. The number of nitrogens with zero attached hydrogens (tertiary/aromatic N) is 4. The van der Waals surface area contributed by atoms with E-state index in [0.717, 1.165) is 27.3 Å². The van der Waals surface area contributed by atoms with Gasteiger partial charge in [-0.05, 0) is 30.0 Å². The standard InChI is InChI=1S/C18H20N4O2S/c1-21-11-12(10-19-21)13-9-14(13)17(23)22(7-8-24-2)18-20-15-5-3-4-6-16(15)25-18/h3-6,10-11,13-14H,7-9H2,1-2H3. The molecule has 0 aliphatic heterocycles. The molecule has 1 amide bonds. The molecule has 1 saturated carbocycles. The molecule has 0 N–H and O–H groups in total. The summed E-state index contributed by atoms with van der Waals surface area (Å²) in [7, 11) is 3.55. The number of ether oxygens (including phenoxy) is 1. The van der Waals surface area contributed by atoms with Crippen molar-refractivity contribution in [3.05, 3.63) is 42.2 Å². The smallest absolute Gasteiger partial charge is 0.232 e. The van der Waals surface area contributed by atoms with Gasteiger partial charge in [0, 0.05) is 26.3 Å². The number of amides is 1. The molecule has 0 spiro atoms. The lowest BCUT2D eigenvalue weighted by Crippen LogP contribution is -2.35. The van der Waals surface area contributed by atoms with Crippen LogP contribution in [0.2, 0.25) is 0 Å². The van der Waals surface area contributed by atoms with E-state index < -0.39 is 0 Å². The molecule has 6 nitrogen and oxygen atoms in total. The SMILES string of the molecule is COCCN(C(=O)C1CC1c1cnn(C)c1)c1nc2ccccc2s1. The predicted molar refractivity (Wildman–Crippen MR) is 97.9 cm³/mol. The van der Waals surface area contributed by atoms with Crippen LogP contribution in [0.1, 0.15) is 17.9 Å². The van der Waals surface area contributed by atoms with Gasteiger partial charge in [0.2, 0.25) is 5.91 Å². The fourth-order valence-electron chi connectivity index (χ4n) is 3.13. The van der Waals surface area contributed by atoms with Crippen LogP contribution in [-0.4, -0.2) is 40.9 Å². The van der Waals surface area contributed by atoms with E-state index in [1.807, 2.05) is 43.7 Å². The zero-order valence-corrected chi connectivity index (χ0v) is 15.1. The van der Waals surface area contributed by atoms with Crippen molar-refractivity contribution in [3.63, 3.8) is 0 Å². The van der Waals surface area contributed by atoms with Gasteiger partial charge in [-0.25, -0.2) is 4.98 Å². The summed E-state index contributed by atoms with van der Waals surface area (Å²) in [5.41, 5.74) is 2.06. The van der Waals surface area contributed by atoms with Crippen molar-refractivity contribution < 1.29 is 9.53 Å². The molecule has 2 unspecified atom stereocenters. The lowest BCUT2D eigenvalue weighted by Gasteiger charge is -2.19. The summed E-state index contributed by atoms with van der Waals surface area (Å²) in [6, 6.07) is 7.96. The van der Waals surface area contributed by atoms with E-state index in [2.05, 4.69) is 10.1 Å². The van der Waals surface area contributed by atoms with E-state index >= 15 is 0 Å². The van der Waals surface area contributed by atoms with Crippen LogP contribution in [0.5, 0.6) is 0 Å². The number of benzene rings is 1. The second kappa shape index (κ2) is 6.57. The summed E-state index contributed by atoms with van der Waals surface area (Å²) < 4.78 is 8.08. The highest BCUT2D eigenvalue weighted by atomic mass is 32.1. The molecule has 0 radical (unpaired) electrons. The average molecular weight is 356 g/mol. The predicted octanol–water partition coefficient (Wildman–Crippen LogP) is 2.81. The lowest BCUT2D eigenvalue weighted by molar-refractivity contribution is -0.120. The number of methoxy groups -OCH3 is 1. The third-order valence-corrected chi connectivity index (χ3v) is 5.62. The van der Waals surface area contributed by atoms with E-state index in [0.29, 0.717) is 13.2 Å². The number of hydrogen-bond acceptors (Lipinski definition) is 5. The van der Waals surface area contributed by atoms with E-state index in [1.165, 1.54) is 0 Å². The highest BCUT2D eigenvalue weighted by molar-refractivity contribution is 7.22. The molecule has 2 aromatic heterocycles. The Balaban J connectivity index is 1.57. The van der Waals surface area contributed by atoms with Crippen molar-refractivity contribution in [3.8, 4) is 0 Å². The Morgan fingerprint density at radius 2 is 2.28 bits per heavy atom. The van der Waals surface area contributed by atoms with Gasteiger partial charge in [0.1, 0.15) is 0 Å². The summed E-state index contributed by atoms with van der Waals surface area (Å²) in [6.07, 6.45) is 4.73. The van der Waals surface area contributed by atoms with E-state index in [9.17, 15) is 4.79 Å². The first-order valence-electron chi connectivity index (χ1n) is 8.32. The summed E-state index contributed by atoms with van der Waals surface area (Å²) in [6.45, 7) is 1.01. The van der Waals surface area contributed by atoms with E-state index in [4.69, 9.17) is 4.74 Å². The van der Waals surface area contributed by atoms with Crippen molar-refractivity contribution in [1.82, 2.24) is 14.8 Å². The molecular formula is C18H20N4O2S. The quantitative estimate of drug-likeness (QED) is 0.681. The van der Waals surface area contributed by atoms with E-state index in [1.54, 1.807) is 28.0 Å². The minimum Gasteiger partial charge on any atom is -0.383 e. The van der Waals surface area contributed by atoms with Crippen molar-refractivity contribution >= 4 is 32.6 Å². The molecule has 1 aliphatic rings. The van der Waals surface area contributed by atoms with Crippen molar-refractivity contribution in [2.45, 2.75) is 12.3 Å². The first-order chi connectivity index (χ1) is 12.2. The number of hydrogen-bond donors (Lipinski definition) is 0. The molecule has 3 aromatic rings. The first kappa shape index (κ1) is 16.2. The maximum absolute atomic E-state index is 13.1. The Hall–Kier alpha value is -2.25. The van der Waals surface area contributed by atoms with Crippen LogP contribution >= 0.6 is 11.3 Å². The van der Waals surface area contributed by atoms with Gasteiger partial charge in [-0.2, -0.15) is 5.10 Å². The molecule has 1 aromatic carbocycles. The number of aryl methyl sites for hydroxylation is 1. The third-order valence-electron chi connectivity index (χ3n) is 4.56. The maximum Gasteiger partial charge on any atom is 0.232 e. The Morgan fingerprint density at radius 1 is 1.44 bits per heavy atom. The van der Waals surface area contributed by atoms with Gasteiger partial charge in [0.05, 0.1) is 29.6 Å². The number of thiazole rings is 1. The number of para-hydroxylation sites is 1. The molecule has 7 heteroatoms. The Labute approximate surface area is 150 Å². The number of rotatable bonds is 6. The van der Waals surface area contributed by atoms with Gasteiger partial charge < -0.3 is 4.74 Å². The minimum absolute atomic E-state index is 0.00747. The topological polar surface area (TPSA) is 60.2 Å². The Bertz CT molecular complexity index is 870. The molecule has 1 aliphatic carbocycles. The molecular weight excluding hydrogens is 336 g/mol. The van der Waals surface area contributed by atoms with Crippen LogP contribution in [0.25, 0.3) is 10.2 Å². The molecule has 2 heterocycles. The van der Waals surface area contributed by atoms with Crippen molar-refractivity contribution in [2.75, 3.05) is 25.2 Å². The van der Waals surface area contributed by atoms with Crippen LogP contribution in [-0.2, 0) is 16.6 Å². The Kier molecular flexibility index (Phi) is 4.27. The number of carbonyl (C=O) groups is 1. The van der Waals surface area contributed by atoms with Gasteiger partial charge in [-0.1, -0.05) is 23.5 Å². The summed E-state index contributed by atoms with van der Waals surface area (Å²) >= 11 is 1.55. The Morgan fingerprint density at radius 3 is 3.00 bits per heavy atom. The fourth-order valence-corrected chi connectivity index (χ4v) is 4.12. The second-order valence-corrected chi connectivity index (χ2v) is 7.35. The largest absolute Gasteiger partial charge is 0.383 e. The van der Waals surface area contributed by atoms with Gasteiger partial charge in [0.25, 0.3) is 0 Å². The molecule has 1 fully saturated rings. The molecule has 0 saturated heterocycles. The van der Waals surface area contributed by atoms with Gasteiger partial charge in [-0.3, -0.25) is 14.4 Å². The third kappa shape index (κ3) is 3.17. The normalized spacial score (nSPS) is 19.3. The van der Waals surface area contributed by atoms with Gasteiger partial charge in [-0.15, -0.1) is 0 Å². The second-order valence-electron chi connectivity index (χ2n) is 6.34. The van der Waals surface area contributed by atoms with Crippen LogP contribution in [0.15, 0.2) is 36.7 Å². The highest BCUT2D eigenvalue weighted by Gasteiger charge is 2.47. The summed E-state index contributed by atoms with van der Waals surface area (Å²) in [4.78, 5) is 19.5. The molecule has 25 heavy (non-hydrogen) atoms. The van der Waals surface area contributed by atoms with Crippen LogP contribution in [0.4, 0.5) is 5.13 Å². The molecule has 4 rings (SSSR count). The average Bonchev–Trinajstić information content (AvgIpc) is 3.10. The highest BCUT2D eigenvalue weighted by Crippen LogP contribution is 2.49. The molecule has 130 valence electrons. The number of anilines is 1. The van der Waals surface area contributed by atoms with Gasteiger partial charge in [0.15, 0.2) is 5.13 Å². The van der Waals surface area contributed by atoms with Crippen molar-refractivity contribution in [2.24, 2.45) is 13.0 Å².